The maximum atomic E-state index is 12.9. The summed E-state index contributed by atoms with van der Waals surface area (Å²) in [6.45, 7) is 2.92. The van der Waals surface area contributed by atoms with E-state index in [-0.39, 0.29) is 17.4 Å². The highest BCUT2D eigenvalue weighted by molar-refractivity contribution is 5.80. The average molecular weight is 331 g/mol. The Morgan fingerprint density at radius 1 is 1.29 bits per heavy atom. The van der Waals surface area contributed by atoms with Gasteiger partial charge in [-0.2, -0.15) is 0 Å². The van der Waals surface area contributed by atoms with Crippen LogP contribution in [0, 0.1) is 5.92 Å². The fourth-order valence-electron chi connectivity index (χ4n) is 4.26. The van der Waals surface area contributed by atoms with Crippen molar-refractivity contribution < 1.29 is 19.0 Å². The van der Waals surface area contributed by atoms with Gasteiger partial charge in [0.25, 0.3) is 0 Å². The number of ether oxygens (including phenoxy) is 3. The minimum Gasteiger partial charge on any atom is -0.493 e. The number of likely N-dealkylation sites (tertiary alicyclic amines) is 1. The summed E-state index contributed by atoms with van der Waals surface area (Å²) in [6.07, 6.45) is 4.97. The van der Waals surface area contributed by atoms with Gasteiger partial charge in [0.05, 0.1) is 18.6 Å². The summed E-state index contributed by atoms with van der Waals surface area (Å²) in [7, 11) is 1.64. The van der Waals surface area contributed by atoms with Crippen molar-refractivity contribution in [3.63, 3.8) is 0 Å². The largest absolute Gasteiger partial charge is 0.493 e. The van der Waals surface area contributed by atoms with Gasteiger partial charge in [-0.05, 0) is 43.7 Å². The van der Waals surface area contributed by atoms with Gasteiger partial charge in [-0.15, -0.1) is 0 Å². The maximum absolute atomic E-state index is 12.9. The van der Waals surface area contributed by atoms with E-state index in [9.17, 15) is 4.79 Å². The molecule has 3 aliphatic rings. The molecule has 4 rings (SSSR count). The number of benzene rings is 1. The fraction of sp³-hybridized carbons (Fsp3) is 0.632. The molecule has 0 bridgehead atoms. The van der Waals surface area contributed by atoms with Crippen LogP contribution in [-0.2, 0) is 16.0 Å². The molecule has 0 saturated carbocycles. The third kappa shape index (κ3) is 2.75. The molecule has 5 nitrogen and oxygen atoms in total. The van der Waals surface area contributed by atoms with Crippen LogP contribution in [0.25, 0.3) is 0 Å². The topological polar surface area (TPSA) is 48.0 Å². The van der Waals surface area contributed by atoms with E-state index in [4.69, 9.17) is 14.2 Å². The molecule has 1 atom stereocenters. The second kappa shape index (κ2) is 6.28. The lowest BCUT2D eigenvalue weighted by atomic mass is 9.87. The smallest absolute Gasteiger partial charge is 0.229 e. The van der Waals surface area contributed by atoms with Crippen molar-refractivity contribution in [2.45, 2.75) is 37.7 Å². The quantitative estimate of drug-likeness (QED) is 0.835. The van der Waals surface area contributed by atoms with Crippen LogP contribution in [0.3, 0.4) is 0 Å². The lowest BCUT2D eigenvalue weighted by Gasteiger charge is -2.40. The number of rotatable bonds is 2. The first-order valence-electron chi connectivity index (χ1n) is 8.92. The predicted octanol–water partition coefficient (Wildman–Crippen LogP) is 2.42. The van der Waals surface area contributed by atoms with Crippen LogP contribution >= 0.6 is 0 Å². The zero-order valence-corrected chi connectivity index (χ0v) is 14.3. The Bertz CT molecular complexity index is 614. The van der Waals surface area contributed by atoms with Crippen LogP contribution in [0.1, 0.15) is 31.2 Å². The maximum Gasteiger partial charge on any atom is 0.229 e. The van der Waals surface area contributed by atoms with E-state index in [1.54, 1.807) is 7.11 Å². The summed E-state index contributed by atoms with van der Waals surface area (Å²) in [5, 5.41) is 0. The van der Waals surface area contributed by atoms with Gasteiger partial charge in [0.2, 0.25) is 5.91 Å². The van der Waals surface area contributed by atoms with E-state index in [1.807, 2.05) is 23.1 Å². The normalized spacial score (nSPS) is 25.2. The lowest BCUT2D eigenvalue weighted by Crippen LogP contribution is -2.49. The summed E-state index contributed by atoms with van der Waals surface area (Å²) in [5.74, 6) is 1.66. The predicted molar refractivity (Wildman–Crippen MR) is 89.4 cm³/mol. The summed E-state index contributed by atoms with van der Waals surface area (Å²) in [6, 6.07) is 5.87. The molecular formula is C19H25NO4. The van der Waals surface area contributed by atoms with Crippen molar-refractivity contribution in [3.8, 4) is 11.5 Å². The third-order valence-electron chi connectivity index (χ3n) is 5.70. The monoisotopic (exact) mass is 331 g/mol. The second-order valence-corrected chi connectivity index (χ2v) is 7.12. The van der Waals surface area contributed by atoms with Crippen LogP contribution < -0.4 is 9.47 Å². The molecular weight excluding hydrogens is 306 g/mol. The number of hydrogen-bond acceptors (Lipinski definition) is 4. The molecule has 0 unspecified atom stereocenters. The number of para-hydroxylation sites is 1. The molecule has 2 fully saturated rings. The summed E-state index contributed by atoms with van der Waals surface area (Å²) in [5.41, 5.74) is 1.12. The lowest BCUT2D eigenvalue weighted by molar-refractivity contribution is -0.141. The number of nitrogens with zero attached hydrogens (tertiary/aromatic N) is 1. The summed E-state index contributed by atoms with van der Waals surface area (Å²) < 4.78 is 17.2. The molecule has 5 heteroatoms. The van der Waals surface area contributed by atoms with Crippen molar-refractivity contribution in [2.24, 2.45) is 5.92 Å². The number of piperidine rings is 1. The molecule has 0 aromatic heterocycles. The highest BCUT2D eigenvalue weighted by atomic mass is 16.5. The molecule has 24 heavy (non-hydrogen) atoms. The van der Waals surface area contributed by atoms with E-state index in [1.165, 1.54) is 0 Å². The van der Waals surface area contributed by atoms with Crippen molar-refractivity contribution >= 4 is 5.91 Å². The van der Waals surface area contributed by atoms with Gasteiger partial charge in [0, 0.05) is 19.7 Å². The van der Waals surface area contributed by atoms with Crippen LogP contribution in [-0.4, -0.2) is 49.8 Å². The van der Waals surface area contributed by atoms with Crippen LogP contribution in [0.2, 0.25) is 0 Å². The van der Waals surface area contributed by atoms with E-state index in [0.717, 1.165) is 68.9 Å². The molecule has 1 spiro atoms. The Kier molecular flexibility index (Phi) is 4.12. The van der Waals surface area contributed by atoms with E-state index in [0.29, 0.717) is 6.61 Å². The number of methoxy groups -OCH3 is 1. The van der Waals surface area contributed by atoms with Gasteiger partial charge in [-0.3, -0.25) is 4.79 Å². The zero-order valence-electron chi connectivity index (χ0n) is 14.3. The van der Waals surface area contributed by atoms with Crippen LogP contribution in [0.15, 0.2) is 18.2 Å². The number of amides is 1. The molecule has 2 saturated heterocycles. The Balaban J connectivity index is 1.41. The van der Waals surface area contributed by atoms with Gasteiger partial charge < -0.3 is 19.1 Å². The van der Waals surface area contributed by atoms with Gasteiger partial charge in [-0.1, -0.05) is 12.1 Å². The van der Waals surface area contributed by atoms with Crippen LogP contribution in [0.4, 0.5) is 0 Å². The minimum absolute atomic E-state index is 0.0554. The molecule has 0 N–H and O–H groups in total. The Hall–Kier alpha value is -1.75. The average Bonchev–Trinajstić information content (AvgIpc) is 3.08. The highest BCUT2D eigenvalue weighted by Gasteiger charge is 2.41. The second-order valence-electron chi connectivity index (χ2n) is 7.12. The molecule has 0 radical (unpaired) electrons. The molecule has 1 aromatic rings. The number of hydrogen-bond donors (Lipinski definition) is 0. The van der Waals surface area contributed by atoms with Crippen molar-refractivity contribution in [1.82, 2.24) is 4.90 Å². The Morgan fingerprint density at radius 3 is 2.83 bits per heavy atom. The Labute approximate surface area is 142 Å². The van der Waals surface area contributed by atoms with E-state index in [2.05, 4.69) is 0 Å². The molecule has 3 heterocycles. The third-order valence-corrected chi connectivity index (χ3v) is 5.70. The SMILES string of the molecule is COc1cccc2c1OC[C@H](C(=O)N1CCC3(CCCO3)CC1)C2. The van der Waals surface area contributed by atoms with Crippen molar-refractivity contribution in [2.75, 3.05) is 33.4 Å². The number of fused-ring (bicyclic) bond motifs is 1. The minimum atomic E-state index is -0.0943. The zero-order chi connectivity index (χ0) is 16.6. The van der Waals surface area contributed by atoms with Crippen molar-refractivity contribution in [1.29, 1.82) is 0 Å². The number of carbonyl (C=O) groups is 1. The highest BCUT2D eigenvalue weighted by Crippen LogP contribution is 2.38. The Morgan fingerprint density at radius 2 is 2.12 bits per heavy atom. The summed E-state index contributed by atoms with van der Waals surface area (Å²) >= 11 is 0. The van der Waals surface area contributed by atoms with Gasteiger partial charge in [0.1, 0.15) is 6.61 Å². The first kappa shape index (κ1) is 15.8. The molecule has 130 valence electrons. The summed E-state index contributed by atoms with van der Waals surface area (Å²) in [4.78, 5) is 14.9. The molecule has 0 aliphatic carbocycles. The van der Waals surface area contributed by atoms with Gasteiger partial charge in [-0.25, -0.2) is 0 Å². The van der Waals surface area contributed by atoms with E-state index >= 15 is 0 Å². The van der Waals surface area contributed by atoms with Crippen molar-refractivity contribution in [3.05, 3.63) is 23.8 Å². The first-order valence-corrected chi connectivity index (χ1v) is 8.92. The standard InChI is InChI=1S/C19H25NO4/c1-22-16-5-2-4-14-12-15(13-23-17(14)16)18(21)20-9-7-19(8-10-20)6-3-11-24-19/h2,4-5,15H,3,6-13H2,1H3/t15-/m1/s1. The fourth-order valence-corrected chi connectivity index (χ4v) is 4.26. The first-order chi connectivity index (χ1) is 11.7. The number of carbonyl (C=O) groups excluding carboxylic acids is 1. The molecule has 3 aliphatic heterocycles. The molecule has 1 amide bonds. The van der Waals surface area contributed by atoms with E-state index < -0.39 is 0 Å². The van der Waals surface area contributed by atoms with Gasteiger partial charge in [0.15, 0.2) is 11.5 Å². The molecule has 1 aromatic carbocycles. The van der Waals surface area contributed by atoms with Crippen LogP contribution in [0.5, 0.6) is 11.5 Å². The van der Waals surface area contributed by atoms with Gasteiger partial charge >= 0.3 is 0 Å².